The Morgan fingerprint density at radius 2 is 1.76 bits per heavy atom. The molecule has 21 heavy (non-hydrogen) atoms. The van der Waals surface area contributed by atoms with Crippen LogP contribution in [0.3, 0.4) is 0 Å². The number of furan rings is 1. The maximum atomic E-state index is 5.48. The van der Waals surface area contributed by atoms with Crippen LogP contribution in [0.4, 0.5) is 0 Å². The Labute approximate surface area is 128 Å². The Hall–Kier alpha value is -1.54. The van der Waals surface area contributed by atoms with Gasteiger partial charge in [-0.2, -0.15) is 0 Å². The molecule has 0 amide bonds. The van der Waals surface area contributed by atoms with Gasteiger partial charge >= 0.3 is 0 Å². The zero-order chi connectivity index (χ0) is 15.5. The molecule has 0 spiro atoms. The second kappa shape index (κ2) is 6.48. The topological polar surface area (TPSA) is 25.2 Å². The maximum absolute atomic E-state index is 5.48. The lowest BCUT2D eigenvalue weighted by atomic mass is 9.86. The first kappa shape index (κ1) is 15.8. The third-order valence-electron chi connectivity index (χ3n) is 3.92. The molecule has 114 valence electrons. The molecular formula is C19H27NO. The van der Waals surface area contributed by atoms with Gasteiger partial charge in [-0.05, 0) is 42.5 Å². The molecule has 0 radical (unpaired) electrons. The fourth-order valence-electron chi connectivity index (χ4n) is 2.57. The van der Waals surface area contributed by atoms with Gasteiger partial charge in [-0.15, -0.1) is 0 Å². The minimum absolute atomic E-state index is 0.191. The zero-order valence-electron chi connectivity index (χ0n) is 13.9. The lowest BCUT2D eigenvalue weighted by Gasteiger charge is -2.22. The largest absolute Gasteiger partial charge is 0.469 e. The molecule has 1 heterocycles. The van der Waals surface area contributed by atoms with Crippen molar-refractivity contribution in [2.24, 2.45) is 0 Å². The zero-order valence-corrected chi connectivity index (χ0v) is 13.9. The number of hydrogen-bond donors (Lipinski definition) is 1. The smallest absolute Gasteiger partial charge is 0.105 e. The summed E-state index contributed by atoms with van der Waals surface area (Å²) in [5.41, 5.74) is 4.08. The fraction of sp³-hybridized carbons (Fsp3) is 0.474. The molecule has 2 nitrogen and oxygen atoms in total. The SMILES string of the molecule is CCCNC(c1ccc(C(C)(C)C)cc1)c1ccoc1C. The van der Waals surface area contributed by atoms with E-state index in [9.17, 15) is 0 Å². The quantitative estimate of drug-likeness (QED) is 0.838. The van der Waals surface area contributed by atoms with E-state index >= 15 is 0 Å². The number of rotatable bonds is 5. The van der Waals surface area contributed by atoms with Crippen molar-refractivity contribution in [2.75, 3.05) is 6.54 Å². The van der Waals surface area contributed by atoms with Crippen LogP contribution in [-0.4, -0.2) is 6.54 Å². The van der Waals surface area contributed by atoms with Crippen molar-refractivity contribution in [3.05, 3.63) is 59.0 Å². The van der Waals surface area contributed by atoms with E-state index < -0.39 is 0 Å². The summed E-state index contributed by atoms with van der Waals surface area (Å²) >= 11 is 0. The van der Waals surface area contributed by atoms with Gasteiger partial charge in [0.1, 0.15) is 5.76 Å². The summed E-state index contributed by atoms with van der Waals surface area (Å²) in [7, 11) is 0. The second-order valence-corrected chi connectivity index (χ2v) is 6.69. The number of hydrogen-bond acceptors (Lipinski definition) is 2. The molecular weight excluding hydrogens is 258 g/mol. The van der Waals surface area contributed by atoms with Crippen molar-refractivity contribution in [1.82, 2.24) is 5.32 Å². The highest BCUT2D eigenvalue weighted by atomic mass is 16.3. The molecule has 0 fully saturated rings. The highest BCUT2D eigenvalue weighted by Gasteiger charge is 2.19. The van der Waals surface area contributed by atoms with Gasteiger partial charge in [0.05, 0.1) is 12.3 Å². The van der Waals surface area contributed by atoms with Crippen LogP contribution in [0.2, 0.25) is 0 Å². The Balaban J connectivity index is 2.31. The molecule has 1 N–H and O–H groups in total. The third-order valence-corrected chi connectivity index (χ3v) is 3.92. The Morgan fingerprint density at radius 3 is 2.24 bits per heavy atom. The number of nitrogens with one attached hydrogen (secondary N) is 1. The van der Waals surface area contributed by atoms with Crippen molar-refractivity contribution >= 4 is 0 Å². The lowest BCUT2D eigenvalue weighted by Crippen LogP contribution is -2.23. The van der Waals surface area contributed by atoms with Gasteiger partial charge in [0.25, 0.3) is 0 Å². The molecule has 1 unspecified atom stereocenters. The molecule has 2 aromatic rings. The predicted octanol–water partition coefficient (Wildman–Crippen LogP) is 4.97. The van der Waals surface area contributed by atoms with Crippen molar-refractivity contribution in [3.63, 3.8) is 0 Å². The van der Waals surface area contributed by atoms with Crippen LogP contribution >= 0.6 is 0 Å². The third kappa shape index (κ3) is 3.76. The van der Waals surface area contributed by atoms with Crippen molar-refractivity contribution in [1.29, 1.82) is 0 Å². The van der Waals surface area contributed by atoms with E-state index in [0.29, 0.717) is 0 Å². The number of benzene rings is 1. The summed E-state index contributed by atoms with van der Waals surface area (Å²) in [6.07, 6.45) is 2.89. The van der Waals surface area contributed by atoms with Crippen molar-refractivity contribution < 1.29 is 4.42 Å². The Morgan fingerprint density at radius 1 is 1.10 bits per heavy atom. The van der Waals surface area contributed by atoms with Crippen LogP contribution in [0.1, 0.15) is 62.6 Å². The standard InChI is InChI=1S/C19H27NO/c1-6-12-20-18(17-11-13-21-14(17)2)15-7-9-16(10-8-15)19(3,4)5/h7-11,13,18,20H,6,12H2,1-5H3. The van der Waals surface area contributed by atoms with Crippen LogP contribution in [0.15, 0.2) is 41.0 Å². The van der Waals surface area contributed by atoms with Crippen LogP contribution in [0.25, 0.3) is 0 Å². The molecule has 0 saturated carbocycles. The molecule has 1 aromatic heterocycles. The van der Waals surface area contributed by atoms with E-state index in [1.807, 2.05) is 6.92 Å². The van der Waals surface area contributed by atoms with Crippen molar-refractivity contribution in [3.8, 4) is 0 Å². The first-order valence-electron chi connectivity index (χ1n) is 7.81. The summed E-state index contributed by atoms with van der Waals surface area (Å²) in [4.78, 5) is 0. The molecule has 0 saturated heterocycles. The molecule has 1 atom stereocenters. The Kier molecular flexibility index (Phi) is 4.89. The van der Waals surface area contributed by atoms with E-state index in [-0.39, 0.29) is 11.5 Å². The average molecular weight is 285 g/mol. The van der Waals surface area contributed by atoms with E-state index in [1.165, 1.54) is 16.7 Å². The molecule has 0 aliphatic carbocycles. The average Bonchev–Trinajstić information content (AvgIpc) is 2.85. The first-order valence-corrected chi connectivity index (χ1v) is 7.81. The number of aryl methyl sites for hydroxylation is 1. The summed E-state index contributed by atoms with van der Waals surface area (Å²) in [6, 6.07) is 11.2. The van der Waals surface area contributed by atoms with E-state index in [4.69, 9.17) is 4.42 Å². The summed E-state index contributed by atoms with van der Waals surface area (Å²) < 4.78 is 5.48. The minimum atomic E-state index is 0.191. The van der Waals surface area contributed by atoms with Gasteiger partial charge in [0.15, 0.2) is 0 Å². The van der Waals surface area contributed by atoms with Gasteiger partial charge in [0.2, 0.25) is 0 Å². The van der Waals surface area contributed by atoms with Gasteiger partial charge in [0, 0.05) is 5.56 Å². The highest BCUT2D eigenvalue weighted by molar-refractivity contribution is 5.36. The van der Waals surface area contributed by atoms with Crippen molar-refractivity contribution in [2.45, 2.75) is 52.5 Å². The molecule has 0 bridgehead atoms. The van der Waals surface area contributed by atoms with Crippen LogP contribution in [0, 0.1) is 6.92 Å². The summed E-state index contributed by atoms with van der Waals surface area (Å²) in [5, 5.41) is 3.63. The highest BCUT2D eigenvalue weighted by Crippen LogP contribution is 2.28. The van der Waals surface area contributed by atoms with Crippen LogP contribution in [0.5, 0.6) is 0 Å². The molecule has 1 aromatic carbocycles. The maximum Gasteiger partial charge on any atom is 0.105 e. The fourth-order valence-corrected chi connectivity index (χ4v) is 2.57. The van der Waals surface area contributed by atoms with E-state index in [2.05, 4.69) is 63.3 Å². The molecule has 0 aliphatic rings. The Bertz CT molecular complexity index is 560. The monoisotopic (exact) mass is 285 g/mol. The normalized spacial score (nSPS) is 13.4. The van der Waals surface area contributed by atoms with E-state index in [1.54, 1.807) is 6.26 Å². The summed E-state index contributed by atoms with van der Waals surface area (Å²) in [6.45, 7) is 11.9. The first-order chi connectivity index (χ1) is 9.93. The van der Waals surface area contributed by atoms with Gasteiger partial charge in [-0.25, -0.2) is 0 Å². The van der Waals surface area contributed by atoms with Gasteiger partial charge in [-0.3, -0.25) is 0 Å². The second-order valence-electron chi connectivity index (χ2n) is 6.69. The van der Waals surface area contributed by atoms with Gasteiger partial charge in [-0.1, -0.05) is 52.0 Å². The minimum Gasteiger partial charge on any atom is -0.469 e. The molecule has 0 aliphatic heterocycles. The molecule has 2 rings (SSSR count). The van der Waals surface area contributed by atoms with Gasteiger partial charge < -0.3 is 9.73 Å². The van der Waals surface area contributed by atoms with E-state index in [0.717, 1.165) is 18.7 Å². The lowest BCUT2D eigenvalue weighted by molar-refractivity contribution is 0.517. The predicted molar refractivity (Wildman–Crippen MR) is 88.7 cm³/mol. The van der Waals surface area contributed by atoms with Crippen LogP contribution in [-0.2, 0) is 5.41 Å². The molecule has 2 heteroatoms. The van der Waals surface area contributed by atoms with Crippen LogP contribution < -0.4 is 5.32 Å². The summed E-state index contributed by atoms with van der Waals surface area (Å²) in [5.74, 6) is 0.989.